The van der Waals surface area contributed by atoms with Gasteiger partial charge in [-0.1, -0.05) is 15.9 Å². The van der Waals surface area contributed by atoms with Crippen molar-refractivity contribution in [1.82, 2.24) is 5.06 Å². The number of alkyl halides is 1. The molecule has 6 nitrogen and oxygen atoms in total. The number of nitrogens with zero attached hydrogens (tertiary/aromatic N) is 1. The zero-order chi connectivity index (χ0) is 11.8. The Morgan fingerprint density at radius 3 is 1.93 bits per heavy atom. The van der Waals surface area contributed by atoms with E-state index in [1.807, 2.05) is 0 Å². The van der Waals surface area contributed by atoms with Crippen LogP contribution in [-0.4, -0.2) is 38.5 Å². The molecule has 0 saturated carbocycles. The molecular weight excluding hydrogens is 270 g/mol. The highest BCUT2D eigenvalue weighted by atomic mass is 79.9. The normalized spacial score (nSPS) is 14.9. The van der Waals surface area contributed by atoms with Crippen LogP contribution in [-0.2, 0) is 14.4 Å². The van der Waals surface area contributed by atoms with E-state index >= 15 is 0 Å². The summed E-state index contributed by atoms with van der Waals surface area (Å²) in [4.78, 5) is 30.2. The lowest BCUT2D eigenvalue weighted by atomic mass is 10.3. The molecule has 15 heavy (non-hydrogen) atoms. The van der Waals surface area contributed by atoms with E-state index in [4.69, 9.17) is 10.3 Å². The molecule has 2 N–H and O–H groups in total. The van der Waals surface area contributed by atoms with Crippen LogP contribution in [0.4, 0.5) is 0 Å². The standard InChI is InChI=1S/C4H7BrO2.C4H5NO3/c5-3-1-2-4(6)7;6-3-1-2-4(7)5(3)8/h1-3H2,(H,6,7);8H,1-2H2. The smallest absolute Gasteiger partial charge is 0.303 e. The monoisotopic (exact) mass is 281 g/mol. The van der Waals surface area contributed by atoms with Crippen molar-refractivity contribution in [3.05, 3.63) is 0 Å². The highest BCUT2D eigenvalue weighted by Gasteiger charge is 2.26. The zero-order valence-electron chi connectivity index (χ0n) is 7.98. The fourth-order valence-corrected chi connectivity index (χ4v) is 1.06. The van der Waals surface area contributed by atoms with Gasteiger partial charge in [0.15, 0.2) is 0 Å². The summed E-state index contributed by atoms with van der Waals surface area (Å²) in [6.45, 7) is 0. The second-order valence-corrected chi connectivity index (χ2v) is 3.58. The van der Waals surface area contributed by atoms with Gasteiger partial charge in [-0.3, -0.25) is 19.6 Å². The minimum absolute atomic E-state index is 0.148. The minimum Gasteiger partial charge on any atom is -0.481 e. The zero-order valence-corrected chi connectivity index (χ0v) is 9.57. The molecule has 0 radical (unpaired) electrons. The Bertz CT molecular complexity index is 239. The topological polar surface area (TPSA) is 94.9 Å². The Morgan fingerprint density at radius 1 is 1.33 bits per heavy atom. The van der Waals surface area contributed by atoms with E-state index in [2.05, 4.69) is 15.9 Å². The van der Waals surface area contributed by atoms with Crippen molar-refractivity contribution in [2.24, 2.45) is 0 Å². The molecule has 1 heterocycles. The van der Waals surface area contributed by atoms with Gasteiger partial charge in [0.2, 0.25) is 0 Å². The van der Waals surface area contributed by atoms with Crippen LogP contribution in [0.25, 0.3) is 0 Å². The van der Waals surface area contributed by atoms with E-state index in [0.29, 0.717) is 0 Å². The Morgan fingerprint density at radius 2 is 1.80 bits per heavy atom. The second-order valence-electron chi connectivity index (χ2n) is 2.79. The van der Waals surface area contributed by atoms with Crippen molar-refractivity contribution in [2.75, 3.05) is 5.33 Å². The molecule has 1 fully saturated rings. The fourth-order valence-electron chi connectivity index (χ4n) is 0.783. The molecule has 0 unspecified atom stereocenters. The van der Waals surface area contributed by atoms with E-state index < -0.39 is 17.8 Å². The van der Waals surface area contributed by atoms with E-state index in [-0.39, 0.29) is 24.3 Å². The lowest BCUT2D eigenvalue weighted by molar-refractivity contribution is -0.171. The summed E-state index contributed by atoms with van der Waals surface area (Å²) < 4.78 is 0. The maximum Gasteiger partial charge on any atom is 0.303 e. The third kappa shape index (κ3) is 6.19. The van der Waals surface area contributed by atoms with E-state index in [1.54, 1.807) is 0 Å². The first-order valence-electron chi connectivity index (χ1n) is 4.31. The van der Waals surface area contributed by atoms with E-state index in [0.717, 1.165) is 11.8 Å². The van der Waals surface area contributed by atoms with Crippen molar-refractivity contribution >= 4 is 33.7 Å². The lowest BCUT2D eigenvalue weighted by Crippen LogP contribution is -2.24. The molecule has 2 amide bonds. The molecule has 1 rings (SSSR count). The van der Waals surface area contributed by atoms with Crippen molar-refractivity contribution in [3.8, 4) is 0 Å². The molecule has 1 aliphatic rings. The molecule has 1 aliphatic heterocycles. The first-order chi connectivity index (χ1) is 6.99. The first-order valence-corrected chi connectivity index (χ1v) is 5.43. The van der Waals surface area contributed by atoms with Crippen molar-refractivity contribution in [3.63, 3.8) is 0 Å². The van der Waals surface area contributed by atoms with Crippen LogP contribution in [0.1, 0.15) is 25.7 Å². The number of halogens is 1. The van der Waals surface area contributed by atoms with Crippen molar-refractivity contribution < 1.29 is 24.7 Å². The maximum absolute atomic E-state index is 10.2. The average molecular weight is 282 g/mol. The summed E-state index contributed by atoms with van der Waals surface area (Å²) in [5, 5.41) is 17.4. The number of carboxylic acid groups (broad SMARTS) is 1. The summed E-state index contributed by atoms with van der Waals surface area (Å²) in [7, 11) is 0. The van der Waals surface area contributed by atoms with Gasteiger partial charge < -0.3 is 5.11 Å². The Balaban J connectivity index is 0.000000265. The first kappa shape index (κ1) is 14.1. The number of aliphatic carboxylic acids is 1. The van der Waals surface area contributed by atoms with Crippen LogP contribution in [0, 0.1) is 0 Å². The quantitative estimate of drug-likeness (QED) is 0.453. The van der Waals surface area contributed by atoms with Crippen LogP contribution >= 0.6 is 15.9 Å². The summed E-state index contributed by atoms with van der Waals surface area (Å²) >= 11 is 3.11. The molecule has 0 aromatic rings. The number of amides is 2. The molecule has 7 heteroatoms. The Labute approximate surface area is 94.9 Å². The number of hydrogen-bond acceptors (Lipinski definition) is 4. The van der Waals surface area contributed by atoms with Crippen LogP contribution in [0.15, 0.2) is 0 Å². The number of carbonyl (C=O) groups excluding carboxylic acids is 2. The number of imide groups is 1. The van der Waals surface area contributed by atoms with Gasteiger partial charge in [-0.15, -0.1) is 0 Å². The van der Waals surface area contributed by atoms with Gasteiger partial charge in [0.05, 0.1) is 0 Å². The largest absolute Gasteiger partial charge is 0.481 e. The SMILES string of the molecule is O=C(O)CCCBr.O=C1CCC(=O)N1O. The van der Waals surface area contributed by atoms with Gasteiger partial charge in [0, 0.05) is 24.6 Å². The lowest BCUT2D eigenvalue weighted by Gasteiger charge is -1.98. The molecule has 1 saturated heterocycles. The van der Waals surface area contributed by atoms with Gasteiger partial charge in [-0.05, 0) is 6.42 Å². The number of carbonyl (C=O) groups is 3. The molecular formula is C8H12BrNO5. The van der Waals surface area contributed by atoms with Gasteiger partial charge >= 0.3 is 5.97 Å². The van der Waals surface area contributed by atoms with E-state index in [9.17, 15) is 14.4 Å². The Kier molecular flexibility index (Phi) is 6.89. The third-order valence-corrected chi connectivity index (χ3v) is 2.11. The minimum atomic E-state index is -0.723. The van der Waals surface area contributed by atoms with E-state index in [1.165, 1.54) is 0 Å². The second kappa shape index (κ2) is 7.36. The predicted molar refractivity (Wildman–Crippen MR) is 53.5 cm³/mol. The molecule has 0 aliphatic carbocycles. The summed E-state index contributed by atoms with van der Waals surface area (Å²) in [5.74, 6) is -1.73. The molecule has 0 aromatic heterocycles. The summed E-state index contributed by atoms with van der Waals surface area (Å²) in [6, 6.07) is 0. The Hall–Kier alpha value is -0.950. The molecule has 0 atom stereocenters. The van der Waals surface area contributed by atoms with Gasteiger partial charge in [-0.2, -0.15) is 5.06 Å². The fraction of sp³-hybridized carbons (Fsp3) is 0.625. The maximum atomic E-state index is 10.2. The number of carboxylic acids is 1. The summed E-state index contributed by atoms with van der Waals surface area (Å²) in [6.07, 6.45) is 1.28. The van der Waals surface area contributed by atoms with Crippen LogP contribution < -0.4 is 0 Å². The predicted octanol–water partition coefficient (Wildman–Crippen LogP) is 0.771. The van der Waals surface area contributed by atoms with Gasteiger partial charge in [0.1, 0.15) is 0 Å². The highest BCUT2D eigenvalue weighted by Crippen LogP contribution is 2.07. The average Bonchev–Trinajstić information content (AvgIpc) is 2.47. The van der Waals surface area contributed by atoms with Crippen LogP contribution in [0.2, 0.25) is 0 Å². The van der Waals surface area contributed by atoms with Gasteiger partial charge in [0.25, 0.3) is 11.8 Å². The third-order valence-electron chi connectivity index (χ3n) is 1.55. The highest BCUT2D eigenvalue weighted by molar-refractivity contribution is 9.09. The molecule has 0 aromatic carbocycles. The number of hydroxylamine groups is 2. The number of hydrogen-bond donors (Lipinski definition) is 2. The summed E-state index contributed by atoms with van der Waals surface area (Å²) in [5.41, 5.74) is 0. The number of rotatable bonds is 3. The molecule has 0 bridgehead atoms. The molecule has 86 valence electrons. The van der Waals surface area contributed by atoms with Gasteiger partial charge in [-0.25, -0.2) is 0 Å². The van der Waals surface area contributed by atoms with Crippen molar-refractivity contribution in [2.45, 2.75) is 25.7 Å². The van der Waals surface area contributed by atoms with Crippen molar-refractivity contribution in [1.29, 1.82) is 0 Å². The van der Waals surface area contributed by atoms with Crippen LogP contribution in [0.5, 0.6) is 0 Å². The van der Waals surface area contributed by atoms with Crippen LogP contribution in [0.3, 0.4) is 0 Å². The molecule has 0 spiro atoms.